The zero-order valence-corrected chi connectivity index (χ0v) is 14.0. The Bertz CT molecular complexity index is 444. The summed E-state index contributed by atoms with van der Waals surface area (Å²) in [6, 6.07) is 5.45. The number of nitrogens with one attached hydrogen (secondary N) is 1. The highest BCUT2D eigenvalue weighted by molar-refractivity contribution is 6.31. The van der Waals surface area contributed by atoms with Crippen molar-refractivity contribution < 1.29 is 4.39 Å². The van der Waals surface area contributed by atoms with Gasteiger partial charge in [0.15, 0.2) is 0 Å². The number of halogens is 2. The van der Waals surface area contributed by atoms with Gasteiger partial charge >= 0.3 is 0 Å². The van der Waals surface area contributed by atoms with Crippen molar-refractivity contribution in [2.24, 2.45) is 5.92 Å². The molecule has 1 aromatic rings. The fourth-order valence-electron chi connectivity index (χ4n) is 3.52. The van der Waals surface area contributed by atoms with Crippen LogP contribution in [0.15, 0.2) is 18.2 Å². The molecule has 2 atom stereocenters. The Morgan fingerprint density at radius 2 is 2.14 bits per heavy atom. The molecule has 2 nitrogen and oxygen atoms in total. The number of likely N-dealkylation sites (tertiary alicyclic amines) is 1. The third-order valence-corrected chi connectivity index (χ3v) is 4.80. The molecule has 1 heterocycles. The molecule has 0 amide bonds. The van der Waals surface area contributed by atoms with Crippen LogP contribution in [0.1, 0.15) is 44.7 Å². The zero-order chi connectivity index (χ0) is 15.4. The van der Waals surface area contributed by atoms with Crippen LogP contribution in [0.4, 0.5) is 4.39 Å². The monoisotopic (exact) mass is 312 g/mol. The number of rotatable bonds is 4. The highest BCUT2D eigenvalue weighted by Crippen LogP contribution is 2.40. The van der Waals surface area contributed by atoms with Gasteiger partial charge in [-0.1, -0.05) is 24.1 Å². The minimum atomic E-state index is -0.179. The highest BCUT2D eigenvalue weighted by atomic mass is 35.5. The SMILES string of the molecule is CNCC1CCCCN(C(C)C)C1c1c(F)cccc1Cl. The number of benzene rings is 1. The van der Waals surface area contributed by atoms with Gasteiger partial charge in [-0.2, -0.15) is 0 Å². The van der Waals surface area contributed by atoms with E-state index in [1.165, 1.54) is 18.9 Å². The predicted octanol–water partition coefficient (Wildman–Crippen LogP) is 4.25. The maximum Gasteiger partial charge on any atom is 0.129 e. The first kappa shape index (κ1) is 16.7. The summed E-state index contributed by atoms with van der Waals surface area (Å²) in [5.41, 5.74) is 0.676. The Balaban J connectivity index is 2.47. The van der Waals surface area contributed by atoms with Crippen LogP contribution in [0.3, 0.4) is 0 Å². The van der Waals surface area contributed by atoms with E-state index in [0.29, 0.717) is 22.5 Å². The normalized spacial score (nSPS) is 24.3. The van der Waals surface area contributed by atoms with E-state index in [2.05, 4.69) is 24.1 Å². The summed E-state index contributed by atoms with van der Waals surface area (Å²) in [5.74, 6) is 0.204. The van der Waals surface area contributed by atoms with Gasteiger partial charge in [-0.3, -0.25) is 4.90 Å². The molecular formula is C17H26ClFN2. The Morgan fingerprint density at radius 1 is 1.38 bits per heavy atom. The standard InChI is InChI=1S/C17H26ClFN2/c1-12(2)21-10-5-4-7-13(11-20-3)17(21)16-14(18)8-6-9-15(16)19/h6,8-9,12-13,17,20H,4-5,7,10-11H2,1-3H3. The first-order valence-corrected chi connectivity index (χ1v) is 8.28. The van der Waals surface area contributed by atoms with Gasteiger partial charge in [0, 0.05) is 22.7 Å². The lowest BCUT2D eigenvalue weighted by atomic mass is 9.88. The molecule has 0 spiro atoms. The van der Waals surface area contributed by atoms with Crippen LogP contribution in [0, 0.1) is 11.7 Å². The Kier molecular flexibility index (Phi) is 6.03. The molecule has 1 N–H and O–H groups in total. The van der Waals surface area contributed by atoms with Gasteiger partial charge in [-0.05, 0) is 64.9 Å². The van der Waals surface area contributed by atoms with Crippen molar-refractivity contribution in [2.75, 3.05) is 20.1 Å². The molecule has 1 aliphatic rings. The Hall–Kier alpha value is -0.640. The van der Waals surface area contributed by atoms with Crippen molar-refractivity contribution in [2.45, 2.75) is 45.2 Å². The molecular weight excluding hydrogens is 287 g/mol. The largest absolute Gasteiger partial charge is 0.319 e. The Morgan fingerprint density at radius 3 is 2.76 bits per heavy atom. The van der Waals surface area contributed by atoms with Crippen molar-refractivity contribution in [1.82, 2.24) is 10.2 Å². The molecule has 1 aliphatic heterocycles. The van der Waals surface area contributed by atoms with Crippen LogP contribution >= 0.6 is 11.6 Å². The maximum absolute atomic E-state index is 14.5. The van der Waals surface area contributed by atoms with Gasteiger partial charge in [0.25, 0.3) is 0 Å². The maximum atomic E-state index is 14.5. The molecule has 0 aromatic heterocycles. The Labute approximate surface area is 132 Å². The second-order valence-corrected chi connectivity index (χ2v) is 6.63. The third-order valence-electron chi connectivity index (χ3n) is 4.47. The van der Waals surface area contributed by atoms with E-state index in [-0.39, 0.29) is 11.9 Å². The lowest BCUT2D eigenvalue weighted by Crippen LogP contribution is -2.40. The quantitative estimate of drug-likeness (QED) is 0.894. The van der Waals surface area contributed by atoms with E-state index in [1.807, 2.05) is 7.05 Å². The molecule has 0 saturated carbocycles. The molecule has 0 radical (unpaired) electrons. The summed E-state index contributed by atoms with van der Waals surface area (Å²) in [4.78, 5) is 2.42. The van der Waals surface area contributed by atoms with Gasteiger partial charge in [-0.15, -0.1) is 0 Å². The summed E-state index contributed by atoms with van der Waals surface area (Å²) in [7, 11) is 1.96. The fourth-order valence-corrected chi connectivity index (χ4v) is 3.79. The van der Waals surface area contributed by atoms with Crippen molar-refractivity contribution in [1.29, 1.82) is 0 Å². The summed E-state index contributed by atoms with van der Waals surface area (Å²) < 4.78 is 14.5. The van der Waals surface area contributed by atoms with E-state index >= 15 is 0 Å². The lowest BCUT2D eigenvalue weighted by molar-refractivity contribution is 0.116. The number of hydrogen-bond donors (Lipinski definition) is 1. The number of nitrogens with zero attached hydrogens (tertiary/aromatic N) is 1. The first-order valence-electron chi connectivity index (χ1n) is 7.90. The van der Waals surface area contributed by atoms with Crippen LogP contribution in [0.2, 0.25) is 5.02 Å². The fraction of sp³-hybridized carbons (Fsp3) is 0.647. The minimum absolute atomic E-state index is 0.0497. The second-order valence-electron chi connectivity index (χ2n) is 6.23. The van der Waals surface area contributed by atoms with Crippen LogP contribution in [-0.4, -0.2) is 31.1 Å². The van der Waals surface area contributed by atoms with Gasteiger partial charge in [0.1, 0.15) is 5.82 Å². The van der Waals surface area contributed by atoms with Gasteiger partial charge < -0.3 is 5.32 Å². The van der Waals surface area contributed by atoms with Crippen LogP contribution in [-0.2, 0) is 0 Å². The van der Waals surface area contributed by atoms with E-state index < -0.39 is 0 Å². The molecule has 0 aliphatic carbocycles. The van der Waals surface area contributed by atoms with Crippen molar-refractivity contribution in [3.63, 3.8) is 0 Å². The van der Waals surface area contributed by atoms with Gasteiger partial charge in [0.2, 0.25) is 0 Å². The van der Waals surface area contributed by atoms with Crippen molar-refractivity contribution in [3.05, 3.63) is 34.6 Å². The van der Waals surface area contributed by atoms with Crippen LogP contribution in [0.25, 0.3) is 0 Å². The molecule has 2 rings (SSSR count). The third kappa shape index (κ3) is 3.77. The van der Waals surface area contributed by atoms with Crippen LogP contribution in [0.5, 0.6) is 0 Å². The molecule has 0 bridgehead atoms. The summed E-state index contributed by atoms with van der Waals surface area (Å²) >= 11 is 6.36. The topological polar surface area (TPSA) is 15.3 Å². The lowest BCUT2D eigenvalue weighted by Gasteiger charge is -2.38. The average Bonchev–Trinajstić information content (AvgIpc) is 2.62. The van der Waals surface area contributed by atoms with E-state index in [9.17, 15) is 4.39 Å². The van der Waals surface area contributed by atoms with Crippen LogP contribution < -0.4 is 5.32 Å². The van der Waals surface area contributed by atoms with Gasteiger partial charge in [0.05, 0.1) is 0 Å². The van der Waals surface area contributed by atoms with Crippen molar-refractivity contribution >= 4 is 11.6 Å². The summed E-state index contributed by atoms with van der Waals surface area (Å²) in [6.07, 6.45) is 3.47. The minimum Gasteiger partial charge on any atom is -0.319 e. The molecule has 1 saturated heterocycles. The molecule has 118 valence electrons. The molecule has 4 heteroatoms. The predicted molar refractivity (Wildman–Crippen MR) is 87.3 cm³/mol. The summed E-state index contributed by atoms with van der Waals surface area (Å²) in [6.45, 7) is 6.26. The van der Waals surface area contributed by atoms with E-state index in [0.717, 1.165) is 19.5 Å². The first-order chi connectivity index (χ1) is 10.1. The molecule has 2 unspecified atom stereocenters. The summed E-state index contributed by atoms with van der Waals surface area (Å²) in [5, 5.41) is 3.82. The smallest absolute Gasteiger partial charge is 0.129 e. The highest BCUT2D eigenvalue weighted by Gasteiger charge is 2.34. The van der Waals surface area contributed by atoms with E-state index in [1.54, 1.807) is 12.1 Å². The molecule has 21 heavy (non-hydrogen) atoms. The molecule has 1 aromatic carbocycles. The number of hydrogen-bond acceptors (Lipinski definition) is 2. The van der Waals surface area contributed by atoms with Crippen molar-refractivity contribution in [3.8, 4) is 0 Å². The average molecular weight is 313 g/mol. The molecule has 1 fully saturated rings. The zero-order valence-electron chi connectivity index (χ0n) is 13.2. The second kappa shape index (κ2) is 7.57. The van der Waals surface area contributed by atoms with E-state index in [4.69, 9.17) is 11.6 Å². The van der Waals surface area contributed by atoms with Gasteiger partial charge in [-0.25, -0.2) is 4.39 Å².